The molecule has 5 heteroatoms. The van der Waals surface area contributed by atoms with Crippen LogP contribution in [0.3, 0.4) is 0 Å². The molecule has 1 saturated heterocycles. The van der Waals surface area contributed by atoms with Gasteiger partial charge >= 0.3 is 0 Å². The molecular formula is C10H17N3O2. The Balaban J connectivity index is 1.88. The first-order valence-corrected chi connectivity index (χ1v) is 5.42. The van der Waals surface area contributed by atoms with Gasteiger partial charge in [0.15, 0.2) is 5.82 Å². The zero-order valence-electron chi connectivity index (χ0n) is 8.98. The largest absolute Gasteiger partial charge is 0.378 e. The van der Waals surface area contributed by atoms with Crippen LogP contribution in [0.1, 0.15) is 31.5 Å². The molecule has 2 atom stereocenters. The molecule has 0 spiro atoms. The van der Waals surface area contributed by atoms with Crippen molar-refractivity contribution in [2.24, 2.45) is 5.73 Å². The summed E-state index contributed by atoms with van der Waals surface area (Å²) < 4.78 is 10.6. The van der Waals surface area contributed by atoms with E-state index in [0.717, 1.165) is 25.9 Å². The molecule has 84 valence electrons. The van der Waals surface area contributed by atoms with Crippen LogP contribution in [0, 0.1) is 0 Å². The topological polar surface area (TPSA) is 74.2 Å². The summed E-state index contributed by atoms with van der Waals surface area (Å²) in [4.78, 5) is 4.28. The van der Waals surface area contributed by atoms with E-state index in [-0.39, 0.29) is 12.1 Å². The molecule has 2 rings (SSSR count). The fourth-order valence-electron chi connectivity index (χ4n) is 1.74. The van der Waals surface area contributed by atoms with E-state index in [1.54, 1.807) is 0 Å². The van der Waals surface area contributed by atoms with Crippen molar-refractivity contribution >= 4 is 0 Å². The van der Waals surface area contributed by atoms with Crippen molar-refractivity contribution in [3.63, 3.8) is 0 Å². The van der Waals surface area contributed by atoms with Crippen molar-refractivity contribution in [2.45, 2.75) is 44.8 Å². The molecule has 1 aromatic rings. The lowest BCUT2D eigenvalue weighted by Gasteiger charge is -2.03. The van der Waals surface area contributed by atoms with Gasteiger partial charge in [-0.25, -0.2) is 0 Å². The lowest BCUT2D eigenvalue weighted by atomic mass is 10.2. The number of hydrogen-bond donors (Lipinski definition) is 1. The van der Waals surface area contributed by atoms with E-state index < -0.39 is 0 Å². The first kappa shape index (κ1) is 10.6. The maximum atomic E-state index is 5.65. The van der Waals surface area contributed by atoms with Crippen molar-refractivity contribution in [2.75, 3.05) is 6.61 Å². The van der Waals surface area contributed by atoms with Crippen LogP contribution in [-0.2, 0) is 17.6 Å². The van der Waals surface area contributed by atoms with Gasteiger partial charge in [-0.05, 0) is 19.8 Å². The van der Waals surface area contributed by atoms with Crippen LogP contribution in [0.2, 0.25) is 0 Å². The molecular weight excluding hydrogens is 194 g/mol. The van der Waals surface area contributed by atoms with Crippen molar-refractivity contribution in [3.8, 4) is 0 Å². The average molecular weight is 211 g/mol. The van der Waals surface area contributed by atoms with Gasteiger partial charge in [-0.15, -0.1) is 0 Å². The standard InChI is InChI=1S/C10H17N3O2/c1-7(11)5-9-12-10(15-13-9)6-8-3-2-4-14-8/h7-8H,2-6,11H2,1H3. The average Bonchev–Trinajstić information content (AvgIpc) is 2.77. The van der Waals surface area contributed by atoms with Gasteiger partial charge in [0.25, 0.3) is 0 Å². The van der Waals surface area contributed by atoms with E-state index in [1.165, 1.54) is 0 Å². The first-order valence-electron chi connectivity index (χ1n) is 5.42. The molecule has 0 amide bonds. The Kier molecular flexibility index (Phi) is 3.33. The summed E-state index contributed by atoms with van der Waals surface area (Å²) in [6, 6.07) is 0.0678. The van der Waals surface area contributed by atoms with Crippen LogP contribution in [0.4, 0.5) is 0 Å². The molecule has 2 unspecified atom stereocenters. The Morgan fingerprint density at radius 3 is 3.13 bits per heavy atom. The van der Waals surface area contributed by atoms with Crippen LogP contribution in [0.5, 0.6) is 0 Å². The molecule has 1 aliphatic heterocycles. The summed E-state index contributed by atoms with van der Waals surface area (Å²) >= 11 is 0. The van der Waals surface area contributed by atoms with Gasteiger partial charge in [0.05, 0.1) is 12.5 Å². The predicted octanol–water partition coefficient (Wildman–Crippen LogP) is 0.681. The van der Waals surface area contributed by atoms with Gasteiger partial charge in [-0.1, -0.05) is 5.16 Å². The number of aromatic nitrogens is 2. The molecule has 15 heavy (non-hydrogen) atoms. The minimum Gasteiger partial charge on any atom is -0.378 e. The fourth-order valence-corrected chi connectivity index (χ4v) is 1.74. The van der Waals surface area contributed by atoms with E-state index in [9.17, 15) is 0 Å². The maximum absolute atomic E-state index is 5.65. The molecule has 2 N–H and O–H groups in total. The summed E-state index contributed by atoms with van der Waals surface area (Å²) in [6.45, 7) is 2.78. The Labute approximate surface area is 89.0 Å². The smallest absolute Gasteiger partial charge is 0.229 e. The van der Waals surface area contributed by atoms with Gasteiger partial charge in [-0.3, -0.25) is 0 Å². The first-order chi connectivity index (χ1) is 7.24. The normalized spacial score (nSPS) is 23.2. The molecule has 0 bridgehead atoms. The molecule has 0 aliphatic carbocycles. The van der Waals surface area contributed by atoms with Crippen LogP contribution in [0.25, 0.3) is 0 Å². The second kappa shape index (κ2) is 4.72. The quantitative estimate of drug-likeness (QED) is 0.792. The van der Waals surface area contributed by atoms with Gasteiger partial charge < -0.3 is 15.0 Å². The van der Waals surface area contributed by atoms with Gasteiger partial charge in [0, 0.05) is 19.1 Å². The summed E-state index contributed by atoms with van der Waals surface area (Å²) in [6.07, 6.45) is 3.87. The molecule has 0 radical (unpaired) electrons. The number of ether oxygens (including phenoxy) is 1. The third-order valence-electron chi connectivity index (χ3n) is 2.44. The lowest BCUT2D eigenvalue weighted by Crippen LogP contribution is -2.18. The van der Waals surface area contributed by atoms with Crippen molar-refractivity contribution < 1.29 is 9.26 Å². The fraction of sp³-hybridized carbons (Fsp3) is 0.800. The van der Waals surface area contributed by atoms with Crippen LogP contribution in [0.15, 0.2) is 4.52 Å². The minimum absolute atomic E-state index is 0.0678. The molecule has 0 aromatic carbocycles. The highest BCUT2D eigenvalue weighted by Gasteiger charge is 2.19. The number of hydrogen-bond acceptors (Lipinski definition) is 5. The second-order valence-electron chi connectivity index (χ2n) is 4.12. The summed E-state index contributed by atoms with van der Waals surface area (Å²) in [5.41, 5.74) is 5.65. The molecule has 2 heterocycles. The van der Waals surface area contributed by atoms with Gasteiger partial charge in [0.2, 0.25) is 5.89 Å². The summed E-state index contributed by atoms with van der Waals surface area (Å²) in [5.74, 6) is 1.36. The van der Waals surface area contributed by atoms with Crippen LogP contribution >= 0.6 is 0 Å². The van der Waals surface area contributed by atoms with Gasteiger partial charge in [-0.2, -0.15) is 4.98 Å². The monoisotopic (exact) mass is 211 g/mol. The maximum Gasteiger partial charge on any atom is 0.229 e. The van der Waals surface area contributed by atoms with Gasteiger partial charge in [0.1, 0.15) is 0 Å². The lowest BCUT2D eigenvalue weighted by molar-refractivity contribution is 0.104. The Morgan fingerprint density at radius 1 is 1.60 bits per heavy atom. The van der Waals surface area contributed by atoms with Crippen molar-refractivity contribution in [1.29, 1.82) is 0 Å². The van der Waals surface area contributed by atoms with E-state index in [1.807, 2.05) is 6.92 Å². The SMILES string of the molecule is CC(N)Cc1noc(CC2CCCO2)n1. The zero-order valence-corrected chi connectivity index (χ0v) is 8.98. The number of nitrogens with two attached hydrogens (primary N) is 1. The Morgan fingerprint density at radius 2 is 2.47 bits per heavy atom. The molecule has 1 aromatic heterocycles. The Hall–Kier alpha value is -0.940. The minimum atomic E-state index is 0.0678. The highest BCUT2D eigenvalue weighted by atomic mass is 16.5. The van der Waals surface area contributed by atoms with Crippen molar-refractivity contribution in [1.82, 2.24) is 10.1 Å². The highest BCUT2D eigenvalue weighted by molar-refractivity contribution is 4.91. The van der Waals surface area contributed by atoms with E-state index in [0.29, 0.717) is 18.1 Å². The molecule has 1 aliphatic rings. The molecule has 0 saturated carbocycles. The Bertz CT molecular complexity index is 305. The molecule has 5 nitrogen and oxygen atoms in total. The highest BCUT2D eigenvalue weighted by Crippen LogP contribution is 2.16. The van der Waals surface area contributed by atoms with E-state index >= 15 is 0 Å². The number of nitrogens with zero attached hydrogens (tertiary/aromatic N) is 2. The summed E-state index contributed by atoms with van der Waals surface area (Å²) in [7, 11) is 0. The summed E-state index contributed by atoms with van der Waals surface area (Å²) in [5, 5.41) is 3.88. The van der Waals surface area contributed by atoms with E-state index in [4.69, 9.17) is 15.0 Å². The van der Waals surface area contributed by atoms with Crippen molar-refractivity contribution in [3.05, 3.63) is 11.7 Å². The zero-order chi connectivity index (χ0) is 10.7. The third-order valence-corrected chi connectivity index (χ3v) is 2.44. The number of rotatable bonds is 4. The van der Waals surface area contributed by atoms with Crippen LogP contribution < -0.4 is 5.73 Å². The molecule has 1 fully saturated rings. The second-order valence-corrected chi connectivity index (χ2v) is 4.12. The third kappa shape index (κ3) is 3.00. The van der Waals surface area contributed by atoms with Crippen LogP contribution in [-0.4, -0.2) is 28.9 Å². The van der Waals surface area contributed by atoms with E-state index in [2.05, 4.69) is 10.1 Å². The predicted molar refractivity (Wildman–Crippen MR) is 54.3 cm³/mol.